The molecule has 140 valence electrons. The van der Waals surface area contributed by atoms with Gasteiger partial charge in [-0.3, -0.25) is 4.79 Å². The monoisotopic (exact) mass is 350 g/mol. The van der Waals surface area contributed by atoms with Crippen LogP contribution in [0.2, 0.25) is 0 Å². The Labute approximate surface area is 150 Å². The molecule has 0 saturated carbocycles. The molecule has 25 heavy (non-hydrogen) atoms. The van der Waals surface area contributed by atoms with Crippen LogP contribution in [0.15, 0.2) is 36.5 Å². The number of aliphatic hydroxyl groups is 3. The van der Waals surface area contributed by atoms with Crippen molar-refractivity contribution in [1.29, 1.82) is 0 Å². The molecule has 0 aliphatic carbocycles. The zero-order valence-electron chi connectivity index (χ0n) is 14.8. The number of aliphatic hydroxyl groups excluding tert-OH is 3. The summed E-state index contributed by atoms with van der Waals surface area (Å²) in [5, 5.41) is 37.5. The van der Waals surface area contributed by atoms with Crippen LogP contribution < -0.4 is 0 Å². The lowest BCUT2D eigenvalue weighted by molar-refractivity contribution is -0.137. The van der Waals surface area contributed by atoms with E-state index in [0.29, 0.717) is 19.3 Å². The highest BCUT2D eigenvalue weighted by molar-refractivity contribution is 5.66. The molecule has 0 amide bonds. The Morgan fingerprint density at radius 2 is 1.68 bits per heavy atom. The summed E-state index contributed by atoms with van der Waals surface area (Å²) in [7, 11) is 0. The molecule has 0 radical (unpaired) electrons. The summed E-state index contributed by atoms with van der Waals surface area (Å²) >= 11 is 0. The second-order valence-electron chi connectivity index (χ2n) is 5.80. The molecule has 0 aliphatic heterocycles. The van der Waals surface area contributed by atoms with Crippen molar-refractivity contribution >= 4 is 5.97 Å². The first-order chi connectivity index (χ1) is 12.0. The second-order valence-corrected chi connectivity index (χ2v) is 5.80. The van der Waals surface area contributed by atoms with Crippen LogP contribution in [0.25, 0.3) is 0 Å². The quantitative estimate of drug-likeness (QED) is 0.246. The molecule has 5 heteroatoms. The zero-order valence-corrected chi connectivity index (χ0v) is 14.8. The first kappa shape index (κ1) is 23.1. The third-order valence-corrected chi connectivity index (χ3v) is 3.47. The highest BCUT2D eigenvalue weighted by atomic mass is 16.4. The summed E-state index contributed by atoms with van der Waals surface area (Å²) in [4.78, 5) is 10.3. The molecule has 0 aliphatic rings. The number of carboxylic acids is 1. The van der Waals surface area contributed by atoms with Crippen molar-refractivity contribution in [2.75, 3.05) is 0 Å². The number of unbranched alkanes of at least 4 members (excludes halogenated alkanes) is 2. The lowest BCUT2D eigenvalue weighted by Gasteiger charge is -2.13. The molecule has 0 unspecified atom stereocenters. The molecule has 0 aromatic rings. The lowest BCUT2D eigenvalue weighted by Crippen LogP contribution is -2.23. The smallest absolute Gasteiger partial charge is 0.303 e. The Morgan fingerprint density at radius 1 is 0.960 bits per heavy atom. The van der Waals surface area contributed by atoms with Crippen LogP contribution in [-0.2, 0) is 4.79 Å². The molecule has 5 nitrogen and oxygen atoms in total. The summed E-state index contributed by atoms with van der Waals surface area (Å²) in [6.45, 7) is 2.09. The summed E-state index contributed by atoms with van der Waals surface area (Å²) in [6, 6.07) is 0. The first-order valence-corrected chi connectivity index (χ1v) is 8.74. The highest BCUT2D eigenvalue weighted by Gasteiger charge is 2.11. The Balaban J connectivity index is 4.01. The van der Waals surface area contributed by atoms with Crippen molar-refractivity contribution in [3.8, 4) is 11.8 Å². The fraction of sp³-hybridized carbons (Fsp3) is 0.550. The summed E-state index contributed by atoms with van der Waals surface area (Å²) in [5.41, 5.74) is 0. The maximum Gasteiger partial charge on any atom is 0.303 e. The van der Waals surface area contributed by atoms with E-state index in [2.05, 4.69) is 18.8 Å². The van der Waals surface area contributed by atoms with E-state index in [9.17, 15) is 20.1 Å². The predicted molar refractivity (Wildman–Crippen MR) is 98.8 cm³/mol. The van der Waals surface area contributed by atoms with Gasteiger partial charge < -0.3 is 20.4 Å². The van der Waals surface area contributed by atoms with Crippen molar-refractivity contribution in [2.24, 2.45) is 0 Å². The maximum absolute atomic E-state index is 10.3. The number of rotatable bonds is 12. The van der Waals surface area contributed by atoms with Crippen LogP contribution in [0, 0.1) is 11.8 Å². The van der Waals surface area contributed by atoms with Gasteiger partial charge in [0.25, 0.3) is 0 Å². The molecule has 0 saturated heterocycles. The number of aliphatic carboxylic acids is 1. The zero-order chi connectivity index (χ0) is 18.9. The number of hydrogen-bond acceptors (Lipinski definition) is 4. The largest absolute Gasteiger partial charge is 0.481 e. The average molecular weight is 350 g/mol. The predicted octanol–water partition coefficient (Wildman–Crippen LogP) is 2.58. The number of carboxylic acid groups (broad SMARTS) is 1. The molecule has 0 aromatic carbocycles. The lowest BCUT2D eigenvalue weighted by atomic mass is 10.1. The molecule has 0 fully saturated rings. The molecule has 3 atom stereocenters. The van der Waals surface area contributed by atoms with Crippen molar-refractivity contribution < 1.29 is 25.2 Å². The summed E-state index contributed by atoms with van der Waals surface area (Å²) in [5.74, 6) is 4.60. The van der Waals surface area contributed by atoms with E-state index in [1.165, 1.54) is 18.2 Å². The van der Waals surface area contributed by atoms with Gasteiger partial charge in [0, 0.05) is 6.42 Å². The van der Waals surface area contributed by atoms with E-state index >= 15 is 0 Å². The van der Waals surface area contributed by atoms with Gasteiger partial charge in [-0.15, -0.1) is 0 Å². The normalized spacial score (nSPS) is 15.4. The molecule has 0 rings (SSSR count). The van der Waals surface area contributed by atoms with Crippen LogP contribution in [0.3, 0.4) is 0 Å². The van der Waals surface area contributed by atoms with Gasteiger partial charge in [0.15, 0.2) is 0 Å². The van der Waals surface area contributed by atoms with E-state index < -0.39 is 24.3 Å². The summed E-state index contributed by atoms with van der Waals surface area (Å²) in [6.07, 6.45) is 11.6. The Morgan fingerprint density at radius 3 is 2.36 bits per heavy atom. The Hall–Kier alpha value is -1.87. The third kappa shape index (κ3) is 15.4. The summed E-state index contributed by atoms with van der Waals surface area (Å²) < 4.78 is 0. The van der Waals surface area contributed by atoms with Gasteiger partial charge in [-0.2, -0.15) is 0 Å². The van der Waals surface area contributed by atoms with Crippen LogP contribution in [0.4, 0.5) is 0 Å². The van der Waals surface area contributed by atoms with Gasteiger partial charge in [-0.1, -0.05) is 56.3 Å². The Kier molecular flexibility index (Phi) is 14.5. The minimum atomic E-state index is -0.879. The van der Waals surface area contributed by atoms with Crippen molar-refractivity contribution in [2.45, 2.75) is 70.2 Å². The third-order valence-electron chi connectivity index (χ3n) is 3.47. The van der Waals surface area contributed by atoms with Gasteiger partial charge in [0.1, 0.15) is 0 Å². The van der Waals surface area contributed by atoms with Crippen molar-refractivity contribution in [3.05, 3.63) is 36.5 Å². The molecule has 0 heterocycles. The van der Waals surface area contributed by atoms with E-state index in [-0.39, 0.29) is 6.42 Å². The second kappa shape index (κ2) is 15.6. The van der Waals surface area contributed by atoms with E-state index in [4.69, 9.17) is 5.11 Å². The van der Waals surface area contributed by atoms with Gasteiger partial charge in [0.2, 0.25) is 0 Å². The number of carbonyl (C=O) groups is 1. The molecule has 0 aromatic heterocycles. The highest BCUT2D eigenvalue weighted by Crippen LogP contribution is 2.07. The van der Waals surface area contributed by atoms with Crippen LogP contribution >= 0.6 is 0 Å². The SMILES string of the molecule is CCCCC[C@H](O)[C@H](O)/C=C/C=C/C#C/C=C/[C@@H](O)CCCC(=O)O. The standard InChI is InChI=1S/C20H30O5/c1-2-3-8-14-18(22)19(23)15-10-7-5-4-6-9-12-17(21)13-11-16-20(24)25/h5,7,9-10,12,15,17-19,21-23H,2-3,8,11,13-14,16H2,1H3,(H,24,25)/b7-5+,12-9+,15-10+/t17-,18+,19-/m1/s1. The minimum absolute atomic E-state index is 0.0464. The van der Waals surface area contributed by atoms with Gasteiger partial charge in [-0.25, -0.2) is 0 Å². The molecule has 0 bridgehead atoms. The van der Waals surface area contributed by atoms with E-state index in [0.717, 1.165) is 19.3 Å². The van der Waals surface area contributed by atoms with Gasteiger partial charge in [-0.05, 0) is 37.5 Å². The molecule has 0 spiro atoms. The van der Waals surface area contributed by atoms with Gasteiger partial charge >= 0.3 is 5.97 Å². The van der Waals surface area contributed by atoms with Crippen LogP contribution in [0.1, 0.15) is 51.9 Å². The fourth-order valence-corrected chi connectivity index (χ4v) is 2.00. The van der Waals surface area contributed by atoms with Crippen molar-refractivity contribution in [1.82, 2.24) is 0 Å². The van der Waals surface area contributed by atoms with E-state index in [1.54, 1.807) is 18.2 Å². The van der Waals surface area contributed by atoms with Crippen LogP contribution in [-0.4, -0.2) is 44.7 Å². The average Bonchev–Trinajstić information content (AvgIpc) is 2.56. The fourth-order valence-electron chi connectivity index (χ4n) is 2.00. The minimum Gasteiger partial charge on any atom is -0.481 e. The Bertz CT molecular complexity index is 496. The molecular weight excluding hydrogens is 320 g/mol. The maximum atomic E-state index is 10.3. The first-order valence-electron chi connectivity index (χ1n) is 8.74. The topological polar surface area (TPSA) is 98.0 Å². The van der Waals surface area contributed by atoms with Crippen LogP contribution in [0.5, 0.6) is 0 Å². The van der Waals surface area contributed by atoms with Gasteiger partial charge in [0.05, 0.1) is 18.3 Å². The van der Waals surface area contributed by atoms with E-state index in [1.807, 2.05) is 0 Å². The molecule has 4 N–H and O–H groups in total. The number of hydrogen-bond donors (Lipinski definition) is 4. The number of allylic oxidation sites excluding steroid dienone is 4. The van der Waals surface area contributed by atoms with Crippen molar-refractivity contribution in [3.63, 3.8) is 0 Å². The molecular formula is C20H30O5.